The number of aromatic nitrogens is 2. The standard InChI is InChI=1S/C16H22N4OS/c1-4-5-14-15(22-19-18-14)16(21)17-11-10-12-6-8-13(9-7-12)20(2)3/h6-9H,4-5,10-11H2,1-3H3,(H,17,21). The number of carbonyl (C=O) groups is 1. The van der Waals surface area contributed by atoms with E-state index in [0.717, 1.165) is 25.0 Å². The number of benzene rings is 1. The van der Waals surface area contributed by atoms with Gasteiger partial charge in [-0.3, -0.25) is 4.79 Å². The minimum absolute atomic E-state index is 0.0663. The van der Waals surface area contributed by atoms with Crippen LogP contribution in [0.5, 0.6) is 0 Å². The van der Waals surface area contributed by atoms with E-state index >= 15 is 0 Å². The van der Waals surface area contributed by atoms with Crippen molar-refractivity contribution in [2.75, 3.05) is 25.5 Å². The molecule has 1 aromatic carbocycles. The fraction of sp³-hybridized carbons (Fsp3) is 0.438. The first-order chi connectivity index (χ1) is 10.6. The first-order valence-electron chi connectivity index (χ1n) is 7.47. The summed E-state index contributed by atoms with van der Waals surface area (Å²) in [5.74, 6) is -0.0663. The van der Waals surface area contributed by atoms with Crippen LogP contribution in [0.2, 0.25) is 0 Å². The van der Waals surface area contributed by atoms with Crippen LogP contribution in [-0.4, -0.2) is 36.1 Å². The molecule has 0 aliphatic carbocycles. The van der Waals surface area contributed by atoms with Crippen LogP contribution in [0.3, 0.4) is 0 Å². The second-order valence-electron chi connectivity index (χ2n) is 5.37. The highest BCUT2D eigenvalue weighted by Crippen LogP contribution is 2.13. The van der Waals surface area contributed by atoms with Crippen LogP contribution in [0, 0.1) is 0 Å². The number of carbonyl (C=O) groups excluding carboxylic acids is 1. The lowest BCUT2D eigenvalue weighted by atomic mass is 10.1. The second-order valence-corrected chi connectivity index (χ2v) is 6.12. The monoisotopic (exact) mass is 318 g/mol. The molecule has 2 rings (SSSR count). The van der Waals surface area contributed by atoms with Gasteiger partial charge in [0, 0.05) is 26.3 Å². The lowest BCUT2D eigenvalue weighted by Gasteiger charge is -2.12. The van der Waals surface area contributed by atoms with E-state index in [2.05, 4.69) is 51.0 Å². The van der Waals surface area contributed by atoms with Crippen molar-refractivity contribution in [2.45, 2.75) is 26.2 Å². The Balaban J connectivity index is 1.85. The molecule has 0 radical (unpaired) electrons. The molecule has 1 amide bonds. The van der Waals surface area contributed by atoms with Gasteiger partial charge in [0.15, 0.2) is 0 Å². The Bertz CT molecular complexity index is 607. The number of nitrogens with zero attached hydrogens (tertiary/aromatic N) is 3. The van der Waals surface area contributed by atoms with Gasteiger partial charge in [0.1, 0.15) is 4.88 Å². The van der Waals surface area contributed by atoms with Crippen LogP contribution < -0.4 is 10.2 Å². The van der Waals surface area contributed by atoms with E-state index < -0.39 is 0 Å². The number of hydrogen-bond acceptors (Lipinski definition) is 5. The number of aryl methyl sites for hydroxylation is 1. The van der Waals surface area contributed by atoms with Crippen molar-refractivity contribution >= 4 is 23.1 Å². The van der Waals surface area contributed by atoms with Crippen molar-refractivity contribution in [3.8, 4) is 0 Å². The van der Waals surface area contributed by atoms with Crippen LogP contribution in [-0.2, 0) is 12.8 Å². The zero-order valence-electron chi connectivity index (χ0n) is 13.3. The van der Waals surface area contributed by atoms with E-state index in [1.54, 1.807) is 0 Å². The molecule has 0 aliphatic rings. The number of amides is 1. The van der Waals surface area contributed by atoms with Gasteiger partial charge in [0.2, 0.25) is 0 Å². The van der Waals surface area contributed by atoms with Crippen molar-refractivity contribution in [1.82, 2.24) is 14.9 Å². The SMILES string of the molecule is CCCc1nnsc1C(=O)NCCc1ccc(N(C)C)cc1. The quantitative estimate of drug-likeness (QED) is 0.852. The highest BCUT2D eigenvalue weighted by Gasteiger charge is 2.14. The van der Waals surface area contributed by atoms with Crippen LogP contribution in [0.1, 0.15) is 34.3 Å². The van der Waals surface area contributed by atoms with Crippen molar-refractivity contribution < 1.29 is 4.79 Å². The van der Waals surface area contributed by atoms with Crippen molar-refractivity contribution in [3.63, 3.8) is 0 Å². The molecule has 0 atom stereocenters. The number of anilines is 1. The summed E-state index contributed by atoms with van der Waals surface area (Å²) in [5.41, 5.74) is 3.19. The zero-order valence-corrected chi connectivity index (χ0v) is 14.1. The van der Waals surface area contributed by atoms with E-state index in [4.69, 9.17) is 0 Å². The predicted octanol–water partition coefficient (Wildman–Crippen LogP) is 2.53. The summed E-state index contributed by atoms with van der Waals surface area (Å²) in [5, 5.41) is 6.97. The molecule has 0 saturated carbocycles. The fourth-order valence-corrected chi connectivity index (χ4v) is 2.77. The van der Waals surface area contributed by atoms with Gasteiger partial charge in [-0.25, -0.2) is 0 Å². The summed E-state index contributed by atoms with van der Waals surface area (Å²) < 4.78 is 3.88. The molecular formula is C16H22N4OS. The molecule has 0 aliphatic heterocycles. The van der Waals surface area contributed by atoms with Gasteiger partial charge in [-0.2, -0.15) is 0 Å². The van der Waals surface area contributed by atoms with Crippen LogP contribution in [0.25, 0.3) is 0 Å². The molecule has 0 saturated heterocycles. The molecule has 1 heterocycles. The van der Waals surface area contributed by atoms with Crippen molar-refractivity contribution in [1.29, 1.82) is 0 Å². The van der Waals surface area contributed by atoms with E-state index in [1.165, 1.54) is 22.8 Å². The van der Waals surface area contributed by atoms with Gasteiger partial charge in [-0.15, -0.1) is 5.10 Å². The molecule has 118 valence electrons. The summed E-state index contributed by atoms with van der Waals surface area (Å²) in [7, 11) is 4.04. The smallest absolute Gasteiger partial charge is 0.264 e. The molecule has 0 fully saturated rings. The van der Waals surface area contributed by atoms with E-state index in [1.807, 2.05) is 14.1 Å². The third-order valence-corrected chi connectivity index (χ3v) is 4.17. The molecular weight excluding hydrogens is 296 g/mol. The molecule has 6 heteroatoms. The molecule has 22 heavy (non-hydrogen) atoms. The Labute approximate surface area is 135 Å². The summed E-state index contributed by atoms with van der Waals surface area (Å²) >= 11 is 1.17. The minimum Gasteiger partial charge on any atom is -0.378 e. The van der Waals surface area contributed by atoms with E-state index in [9.17, 15) is 4.79 Å². The van der Waals surface area contributed by atoms with Gasteiger partial charge in [0.25, 0.3) is 5.91 Å². The molecule has 2 aromatic rings. The second kappa shape index (κ2) is 7.89. The topological polar surface area (TPSA) is 58.1 Å². The van der Waals surface area contributed by atoms with Crippen LogP contribution >= 0.6 is 11.5 Å². The highest BCUT2D eigenvalue weighted by atomic mass is 32.1. The summed E-state index contributed by atoms with van der Waals surface area (Å²) in [4.78, 5) is 14.9. The normalized spacial score (nSPS) is 10.5. The summed E-state index contributed by atoms with van der Waals surface area (Å²) in [6.07, 6.45) is 2.57. The molecule has 5 nitrogen and oxygen atoms in total. The van der Waals surface area contributed by atoms with Gasteiger partial charge >= 0.3 is 0 Å². The molecule has 0 unspecified atom stereocenters. The third-order valence-electron chi connectivity index (χ3n) is 3.40. The zero-order chi connectivity index (χ0) is 15.9. The van der Waals surface area contributed by atoms with Crippen molar-refractivity contribution in [2.24, 2.45) is 0 Å². The lowest BCUT2D eigenvalue weighted by molar-refractivity contribution is 0.0957. The van der Waals surface area contributed by atoms with Crippen molar-refractivity contribution in [3.05, 3.63) is 40.4 Å². The Morgan fingerprint density at radius 2 is 1.95 bits per heavy atom. The van der Waals surface area contributed by atoms with Gasteiger partial charge in [-0.1, -0.05) is 30.0 Å². The fourth-order valence-electron chi connectivity index (χ4n) is 2.14. The average Bonchev–Trinajstić information content (AvgIpc) is 2.96. The summed E-state index contributed by atoms with van der Waals surface area (Å²) in [6, 6.07) is 8.36. The minimum atomic E-state index is -0.0663. The van der Waals surface area contributed by atoms with Gasteiger partial charge in [0.05, 0.1) is 5.69 Å². The number of rotatable bonds is 7. The maximum atomic E-state index is 12.1. The van der Waals surface area contributed by atoms with Gasteiger partial charge < -0.3 is 10.2 Å². The number of nitrogens with one attached hydrogen (secondary N) is 1. The van der Waals surface area contributed by atoms with E-state index in [0.29, 0.717) is 11.4 Å². The molecule has 1 aromatic heterocycles. The first kappa shape index (κ1) is 16.4. The Morgan fingerprint density at radius 3 is 2.59 bits per heavy atom. The Hall–Kier alpha value is -1.95. The highest BCUT2D eigenvalue weighted by molar-refractivity contribution is 7.08. The molecule has 0 bridgehead atoms. The maximum Gasteiger partial charge on any atom is 0.264 e. The van der Waals surface area contributed by atoms with Crippen LogP contribution in [0.15, 0.2) is 24.3 Å². The lowest BCUT2D eigenvalue weighted by Crippen LogP contribution is -2.25. The third kappa shape index (κ3) is 4.27. The first-order valence-corrected chi connectivity index (χ1v) is 8.24. The number of hydrogen-bond donors (Lipinski definition) is 1. The Morgan fingerprint density at radius 1 is 1.23 bits per heavy atom. The molecule has 0 spiro atoms. The Kier molecular flexibility index (Phi) is 5.89. The van der Waals surface area contributed by atoms with E-state index in [-0.39, 0.29) is 5.91 Å². The average molecular weight is 318 g/mol. The molecule has 1 N–H and O–H groups in total. The predicted molar refractivity (Wildman–Crippen MR) is 90.7 cm³/mol. The maximum absolute atomic E-state index is 12.1. The summed E-state index contributed by atoms with van der Waals surface area (Å²) in [6.45, 7) is 2.68. The largest absolute Gasteiger partial charge is 0.378 e. The van der Waals surface area contributed by atoms with Crippen LogP contribution in [0.4, 0.5) is 5.69 Å². The van der Waals surface area contributed by atoms with Gasteiger partial charge in [-0.05, 0) is 42.1 Å².